The molecule has 1 amide bonds. The van der Waals surface area contributed by atoms with Gasteiger partial charge in [0.2, 0.25) is 5.91 Å². The fraction of sp³-hybridized carbons (Fsp3) is 0.615. The molecule has 1 unspecified atom stereocenters. The topological polar surface area (TPSA) is 20.3 Å². The Labute approximate surface area is 115 Å². The maximum absolute atomic E-state index is 12.1. The molecule has 1 aromatic rings. The fourth-order valence-corrected chi connectivity index (χ4v) is 3.63. The monoisotopic (exact) mass is 315 g/mol. The zero-order valence-corrected chi connectivity index (χ0v) is 12.3. The molecule has 94 valence electrons. The van der Waals surface area contributed by atoms with Crippen LogP contribution in [0.4, 0.5) is 0 Å². The van der Waals surface area contributed by atoms with Gasteiger partial charge in [-0.15, -0.1) is 11.3 Å². The Bertz CT molecular complexity index is 352. The van der Waals surface area contributed by atoms with E-state index in [1.807, 2.05) is 0 Å². The molecule has 4 heteroatoms. The zero-order valence-electron chi connectivity index (χ0n) is 9.90. The molecule has 0 aromatic carbocycles. The normalized spacial score (nSPS) is 19.8. The largest absolute Gasteiger partial charge is 0.335 e. The number of unbranched alkanes of at least 4 members (excludes halogenated alkanes) is 1. The van der Waals surface area contributed by atoms with E-state index in [0.29, 0.717) is 18.4 Å². The van der Waals surface area contributed by atoms with Gasteiger partial charge in [0.25, 0.3) is 0 Å². The highest BCUT2D eigenvalue weighted by atomic mass is 79.9. The minimum Gasteiger partial charge on any atom is -0.335 e. The summed E-state index contributed by atoms with van der Waals surface area (Å²) in [4.78, 5) is 15.6. The van der Waals surface area contributed by atoms with Crippen LogP contribution in [0.2, 0.25) is 0 Å². The van der Waals surface area contributed by atoms with Crippen molar-refractivity contribution in [2.75, 3.05) is 11.9 Å². The third-order valence-corrected chi connectivity index (χ3v) is 4.75. The summed E-state index contributed by atoms with van der Waals surface area (Å²) in [6.07, 6.45) is 5.06. The van der Waals surface area contributed by atoms with Crippen molar-refractivity contribution in [1.82, 2.24) is 4.90 Å². The lowest BCUT2D eigenvalue weighted by atomic mass is 10.1. The van der Waals surface area contributed by atoms with Crippen molar-refractivity contribution in [1.29, 1.82) is 0 Å². The standard InChI is InChI=1S/C13H18BrNOS/c14-8-2-1-7-13(16)15-9-3-5-11(15)12-6-4-10-17-12/h4,6,10-11H,1-3,5,7-9H2. The summed E-state index contributed by atoms with van der Waals surface area (Å²) in [5.74, 6) is 0.335. The highest BCUT2D eigenvalue weighted by molar-refractivity contribution is 9.09. The minimum atomic E-state index is 0.335. The molecular weight excluding hydrogens is 298 g/mol. The van der Waals surface area contributed by atoms with E-state index in [1.165, 1.54) is 4.88 Å². The SMILES string of the molecule is O=C(CCCCBr)N1CCCC1c1cccs1. The lowest BCUT2D eigenvalue weighted by molar-refractivity contribution is -0.132. The summed E-state index contributed by atoms with van der Waals surface area (Å²) in [6, 6.07) is 4.58. The van der Waals surface area contributed by atoms with E-state index in [1.54, 1.807) is 11.3 Å². The van der Waals surface area contributed by atoms with Crippen LogP contribution in [0, 0.1) is 0 Å². The molecule has 1 aromatic heterocycles. The second kappa shape index (κ2) is 6.55. The van der Waals surface area contributed by atoms with Crippen molar-refractivity contribution < 1.29 is 4.79 Å². The summed E-state index contributed by atoms with van der Waals surface area (Å²) in [6.45, 7) is 0.940. The van der Waals surface area contributed by atoms with E-state index in [2.05, 4.69) is 38.3 Å². The molecule has 1 saturated heterocycles. The Morgan fingerprint density at radius 3 is 3.12 bits per heavy atom. The lowest BCUT2D eigenvalue weighted by Gasteiger charge is -2.23. The predicted molar refractivity (Wildman–Crippen MR) is 75.7 cm³/mol. The van der Waals surface area contributed by atoms with Crippen molar-refractivity contribution in [3.63, 3.8) is 0 Å². The maximum Gasteiger partial charge on any atom is 0.223 e. The van der Waals surface area contributed by atoms with Crippen LogP contribution in [0.1, 0.15) is 43.0 Å². The minimum absolute atomic E-state index is 0.335. The molecule has 1 aliphatic heterocycles. The van der Waals surface area contributed by atoms with Gasteiger partial charge in [0, 0.05) is 23.2 Å². The summed E-state index contributed by atoms with van der Waals surface area (Å²) < 4.78 is 0. The summed E-state index contributed by atoms with van der Waals surface area (Å²) >= 11 is 5.17. The number of nitrogens with zero attached hydrogens (tertiary/aromatic N) is 1. The molecule has 1 atom stereocenters. The van der Waals surface area contributed by atoms with Crippen molar-refractivity contribution in [3.8, 4) is 0 Å². The number of thiophene rings is 1. The molecule has 1 aliphatic rings. The van der Waals surface area contributed by atoms with Gasteiger partial charge in [-0.25, -0.2) is 0 Å². The first kappa shape index (κ1) is 13.1. The molecule has 1 fully saturated rings. The highest BCUT2D eigenvalue weighted by Gasteiger charge is 2.29. The smallest absolute Gasteiger partial charge is 0.223 e. The van der Waals surface area contributed by atoms with E-state index in [-0.39, 0.29) is 0 Å². The molecule has 0 spiro atoms. The van der Waals surface area contributed by atoms with Gasteiger partial charge in [0.1, 0.15) is 0 Å². The number of halogens is 1. The predicted octanol–water partition coefficient (Wildman–Crippen LogP) is 3.98. The first-order valence-corrected chi connectivity index (χ1v) is 8.22. The van der Waals surface area contributed by atoms with Crippen molar-refractivity contribution in [2.24, 2.45) is 0 Å². The average Bonchev–Trinajstić information content (AvgIpc) is 2.99. The van der Waals surface area contributed by atoms with Crippen molar-refractivity contribution >= 4 is 33.2 Å². The Hall–Kier alpha value is -0.350. The van der Waals surface area contributed by atoms with Gasteiger partial charge in [0.05, 0.1) is 6.04 Å². The van der Waals surface area contributed by atoms with E-state index in [0.717, 1.165) is 37.6 Å². The van der Waals surface area contributed by atoms with Gasteiger partial charge in [-0.3, -0.25) is 4.79 Å². The second-order valence-electron chi connectivity index (χ2n) is 4.41. The number of rotatable bonds is 5. The van der Waals surface area contributed by atoms with Crippen molar-refractivity contribution in [2.45, 2.75) is 38.1 Å². The molecule has 0 N–H and O–H groups in total. The third kappa shape index (κ3) is 3.32. The van der Waals surface area contributed by atoms with Crippen LogP contribution in [0.15, 0.2) is 17.5 Å². The number of hydrogen-bond donors (Lipinski definition) is 0. The molecule has 2 nitrogen and oxygen atoms in total. The first-order chi connectivity index (χ1) is 8.33. The van der Waals surface area contributed by atoms with E-state index in [9.17, 15) is 4.79 Å². The molecule has 17 heavy (non-hydrogen) atoms. The summed E-state index contributed by atoms with van der Waals surface area (Å²) in [7, 11) is 0. The highest BCUT2D eigenvalue weighted by Crippen LogP contribution is 2.34. The Morgan fingerprint density at radius 2 is 2.41 bits per heavy atom. The van der Waals surface area contributed by atoms with E-state index >= 15 is 0 Å². The molecule has 0 bridgehead atoms. The average molecular weight is 316 g/mol. The van der Waals surface area contributed by atoms with Gasteiger partial charge >= 0.3 is 0 Å². The van der Waals surface area contributed by atoms with Crippen LogP contribution < -0.4 is 0 Å². The van der Waals surface area contributed by atoms with Crippen LogP contribution in [-0.4, -0.2) is 22.7 Å². The quantitative estimate of drug-likeness (QED) is 0.594. The number of amides is 1. The Balaban J connectivity index is 1.93. The molecule has 0 radical (unpaired) electrons. The summed E-state index contributed by atoms with van der Waals surface area (Å²) in [5.41, 5.74) is 0. The van der Waals surface area contributed by atoms with Gasteiger partial charge in [-0.1, -0.05) is 22.0 Å². The molecule has 0 saturated carbocycles. The van der Waals surface area contributed by atoms with E-state index in [4.69, 9.17) is 0 Å². The maximum atomic E-state index is 12.1. The molecule has 2 rings (SSSR count). The zero-order chi connectivity index (χ0) is 12.1. The van der Waals surface area contributed by atoms with Crippen LogP contribution in [0.25, 0.3) is 0 Å². The van der Waals surface area contributed by atoms with Crippen LogP contribution in [0.3, 0.4) is 0 Å². The number of hydrogen-bond acceptors (Lipinski definition) is 2. The van der Waals surface area contributed by atoms with Gasteiger partial charge in [-0.05, 0) is 37.1 Å². The van der Waals surface area contributed by atoms with Gasteiger partial charge in [-0.2, -0.15) is 0 Å². The second-order valence-corrected chi connectivity index (χ2v) is 6.18. The number of alkyl halides is 1. The number of likely N-dealkylation sites (tertiary alicyclic amines) is 1. The van der Waals surface area contributed by atoms with Gasteiger partial charge in [0.15, 0.2) is 0 Å². The third-order valence-electron chi connectivity index (χ3n) is 3.22. The fourth-order valence-electron chi connectivity index (χ4n) is 2.36. The van der Waals surface area contributed by atoms with Crippen LogP contribution >= 0.6 is 27.3 Å². The lowest BCUT2D eigenvalue weighted by Crippen LogP contribution is -2.29. The van der Waals surface area contributed by atoms with E-state index < -0.39 is 0 Å². The first-order valence-electron chi connectivity index (χ1n) is 6.22. The summed E-state index contributed by atoms with van der Waals surface area (Å²) in [5, 5.41) is 3.09. The molecular formula is C13H18BrNOS. The number of carbonyl (C=O) groups excluding carboxylic acids is 1. The van der Waals surface area contributed by atoms with Crippen LogP contribution in [0.5, 0.6) is 0 Å². The molecule has 0 aliphatic carbocycles. The van der Waals surface area contributed by atoms with Crippen LogP contribution in [-0.2, 0) is 4.79 Å². The van der Waals surface area contributed by atoms with Gasteiger partial charge < -0.3 is 4.90 Å². The molecule has 2 heterocycles. The number of carbonyl (C=O) groups is 1. The van der Waals surface area contributed by atoms with Crippen molar-refractivity contribution in [3.05, 3.63) is 22.4 Å². The Morgan fingerprint density at radius 1 is 1.53 bits per heavy atom. The Kier molecular flexibility index (Phi) is 5.04.